The van der Waals surface area contributed by atoms with Gasteiger partial charge in [0, 0.05) is 10.8 Å². The van der Waals surface area contributed by atoms with E-state index >= 15 is 0 Å². The van der Waals surface area contributed by atoms with E-state index in [1.807, 2.05) is 11.3 Å². The van der Waals surface area contributed by atoms with Gasteiger partial charge in [0.05, 0.1) is 12.7 Å². The molecule has 0 saturated carbocycles. The molecule has 0 fully saturated rings. The smallest absolute Gasteiger partial charge is 0.0942 e. The van der Waals surface area contributed by atoms with Gasteiger partial charge in [-0.15, -0.1) is 11.3 Å². The van der Waals surface area contributed by atoms with E-state index in [0.717, 1.165) is 6.61 Å². The van der Waals surface area contributed by atoms with Gasteiger partial charge in [-0.2, -0.15) is 0 Å². The first-order valence-electron chi connectivity index (χ1n) is 5.43. The quantitative estimate of drug-likeness (QED) is 0.717. The summed E-state index contributed by atoms with van der Waals surface area (Å²) in [5.41, 5.74) is 1.54. The Morgan fingerprint density at radius 1 is 1.57 bits per heavy atom. The summed E-state index contributed by atoms with van der Waals surface area (Å²) in [6, 6.07) is 2.28. The molecule has 0 radical (unpaired) electrons. The number of hydrogen-bond donors (Lipinski definition) is 0. The van der Waals surface area contributed by atoms with Gasteiger partial charge in [-0.25, -0.2) is 0 Å². The maximum atomic E-state index is 5.94. The summed E-state index contributed by atoms with van der Waals surface area (Å²) in [5, 5.41) is 2.21. The SMILES string of the molecule is CCC1COC(C(C)C)c2sccc21. The van der Waals surface area contributed by atoms with Gasteiger partial charge < -0.3 is 4.74 Å². The first-order valence-corrected chi connectivity index (χ1v) is 6.30. The van der Waals surface area contributed by atoms with Crippen LogP contribution in [-0.2, 0) is 4.74 Å². The fourth-order valence-corrected chi connectivity index (χ4v) is 3.32. The van der Waals surface area contributed by atoms with Crippen LogP contribution in [0.3, 0.4) is 0 Å². The van der Waals surface area contributed by atoms with Crippen LogP contribution in [0.2, 0.25) is 0 Å². The summed E-state index contributed by atoms with van der Waals surface area (Å²) in [6.07, 6.45) is 1.53. The molecular formula is C12H18OS. The van der Waals surface area contributed by atoms with E-state index in [4.69, 9.17) is 4.74 Å². The highest BCUT2D eigenvalue weighted by Gasteiger charge is 2.29. The Hall–Kier alpha value is -0.340. The molecule has 2 atom stereocenters. The molecule has 2 rings (SSSR count). The molecule has 1 aromatic rings. The molecule has 1 aliphatic rings. The van der Waals surface area contributed by atoms with Crippen molar-refractivity contribution in [3.05, 3.63) is 21.9 Å². The minimum absolute atomic E-state index is 0.341. The Morgan fingerprint density at radius 2 is 2.36 bits per heavy atom. The largest absolute Gasteiger partial charge is 0.372 e. The minimum Gasteiger partial charge on any atom is -0.372 e. The second kappa shape index (κ2) is 4.03. The predicted octanol–water partition coefficient (Wildman–Crippen LogP) is 3.97. The van der Waals surface area contributed by atoms with Crippen LogP contribution in [0.5, 0.6) is 0 Å². The molecule has 0 spiro atoms. The van der Waals surface area contributed by atoms with Gasteiger partial charge in [-0.3, -0.25) is 0 Å². The maximum Gasteiger partial charge on any atom is 0.0942 e. The average Bonchev–Trinajstić information content (AvgIpc) is 2.64. The van der Waals surface area contributed by atoms with E-state index in [-0.39, 0.29) is 0 Å². The second-order valence-corrected chi connectivity index (χ2v) is 5.29. The van der Waals surface area contributed by atoms with Gasteiger partial charge in [0.2, 0.25) is 0 Å². The van der Waals surface area contributed by atoms with Crippen molar-refractivity contribution in [2.24, 2.45) is 5.92 Å². The minimum atomic E-state index is 0.341. The third-order valence-electron chi connectivity index (χ3n) is 3.00. The van der Waals surface area contributed by atoms with Crippen LogP contribution in [0.1, 0.15) is 49.7 Å². The zero-order valence-corrected chi connectivity index (χ0v) is 9.93. The standard InChI is InChI=1S/C12H18OS/c1-4-9-7-13-11(8(2)3)12-10(9)5-6-14-12/h5-6,8-9,11H,4,7H2,1-3H3. The van der Waals surface area contributed by atoms with Gasteiger partial charge in [-0.05, 0) is 29.3 Å². The maximum absolute atomic E-state index is 5.94. The molecule has 14 heavy (non-hydrogen) atoms. The average molecular weight is 210 g/mol. The molecule has 0 saturated heterocycles. The Labute approximate surface area is 90.1 Å². The first-order chi connectivity index (χ1) is 6.74. The van der Waals surface area contributed by atoms with Crippen molar-refractivity contribution in [3.8, 4) is 0 Å². The van der Waals surface area contributed by atoms with E-state index in [1.54, 1.807) is 5.56 Å². The fourth-order valence-electron chi connectivity index (χ4n) is 2.12. The zero-order valence-electron chi connectivity index (χ0n) is 9.12. The molecule has 1 nitrogen and oxygen atoms in total. The van der Waals surface area contributed by atoms with Crippen LogP contribution >= 0.6 is 11.3 Å². The Bertz CT molecular complexity index is 303. The van der Waals surface area contributed by atoms with Crippen LogP contribution in [0.4, 0.5) is 0 Å². The lowest BCUT2D eigenvalue weighted by Crippen LogP contribution is -2.22. The number of hydrogen-bond acceptors (Lipinski definition) is 2. The molecule has 0 aliphatic carbocycles. The summed E-state index contributed by atoms with van der Waals surface area (Å²) < 4.78 is 5.94. The summed E-state index contributed by atoms with van der Waals surface area (Å²) in [6.45, 7) is 7.62. The van der Waals surface area contributed by atoms with E-state index in [9.17, 15) is 0 Å². The van der Waals surface area contributed by atoms with E-state index in [2.05, 4.69) is 32.2 Å². The third-order valence-corrected chi connectivity index (χ3v) is 3.99. The summed E-state index contributed by atoms with van der Waals surface area (Å²) in [4.78, 5) is 1.47. The van der Waals surface area contributed by atoms with Crippen molar-refractivity contribution in [1.82, 2.24) is 0 Å². The zero-order chi connectivity index (χ0) is 10.1. The summed E-state index contributed by atoms with van der Waals surface area (Å²) in [7, 11) is 0. The molecule has 2 heteroatoms. The molecule has 78 valence electrons. The van der Waals surface area contributed by atoms with Crippen molar-refractivity contribution in [3.63, 3.8) is 0 Å². The number of ether oxygens (including phenoxy) is 1. The molecule has 1 aliphatic heterocycles. The first kappa shape index (κ1) is 10.2. The van der Waals surface area contributed by atoms with Crippen LogP contribution < -0.4 is 0 Å². The van der Waals surface area contributed by atoms with Crippen molar-refractivity contribution >= 4 is 11.3 Å². The predicted molar refractivity (Wildman–Crippen MR) is 60.9 cm³/mol. The van der Waals surface area contributed by atoms with Gasteiger partial charge in [0.1, 0.15) is 0 Å². The number of rotatable bonds is 2. The van der Waals surface area contributed by atoms with Gasteiger partial charge in [0.15, 0.2) is 0 Å². The molecule has 0 amide bonds. The number of fused-ring (bicyclic) bond motifs is 1. The lowest BCUT2D eigenvalue weighted by atomic mass is 9.91. The van der Waals surface area contributed by atoms with Crippen molar-refractivity contribution in [2.75, 3.05) is 6.61 Å². The molecule has 0 aromatic carbocycles. The van der Waals surface area contributed by atoms with Gasteiger partial charge in [-0.1, -0.05) is 20.8 Å². The fraction of sp³-hybridized carbons (Fsp3) is 0.667. The summed E-state index contributed by atoms with van der Waals surface area (Å²) >= 11 is 1.86. The Balaban J connectivity index is 2.32. The molecule has 0 N–H and O–H groups in total. The second-order valence-electron chi connectivity index (χ2n) is 4.34. The van der Waals surface area contributed by atoms with Crippen molar-refractivity contribution in [2.45, 2.75) is 39.2 Å². The van der Waals surface area contributed by atoms with Crippen LogP contribution in [-0.4, -0.2) is 6.61 Å². The number of thiophene rings is 1. The molecular weight excluding hydrogens is 192 g/mol. The topological polar surface area (TPSA) is 9.23 Å². The van der Waals surface area contributed by atoms with E-state index < -0.39 is 0 Å². The van der Waals surface area contributed by atoms with Gasteiger partial charge in [0.25, 0.3) is 0 Å². The normalized spacial score (nSPS) is 26.6. The van der Waals surface area contributed by atoms with Crippen LogP contribution in [0.15, 0.2) is 11.4 Å². The Morgan fingerprint density at radius 3 is 3.00 bits per heavy atom. The van der Waals surface area contributed by atoms with Crippen molar-refractivity contribution in [1.29, 1.82) is 0 Å². The van der Waals surface area contributed by atoms with Crippen LogP contribution in [0, 0.1) is 5.92 Å². The molecule has 1 aromatic heterocycles. The highest BCUT2D eigenvalue weighted by molar-refractivity contribution is 7.10. The van der Waals surface area contributed by atoms with Gasteiger partial charge >= 0.3 is 0 Å². The molecule has 2 heterocycles. The monoisotopic (exact) mass is 210 g/mol. The lowest BCUT2D eigenvalue weighted by molar-refractivity contribution is 0.00113. The highest BCUT2D eigenvalue weighted by Crippen LogP contribution is 2.41. The third kappa shape index (κ3) is 1.61. The van der Waals surface area contributed by atoms with Crippen molar-refractivity contribution < 1.29 is 4.74 Å². The van der Waals surface area contributed by atoms with E-state index in [0.29, 0.717) is 17.9 Å². The summed E-state index contributed by atoms with van der Waals surface area (Å²) in [5.74, 6) is 1.22. The molecule has 0 bridgehead atoms. The Kier molecular flexibility index (Phi) is 2.93. The lowest BCUT2D eigenvalue weighted by Gasteiger charge is -2.31. The van der Waals surface area contributed by atoms with E-state index in [1.165, 1.54) is 11.3 Å². The highest BCUT2D eigenvalue weighted by atomic mass is 32.1. The molecule has 2 unspecified atom stereocenters. The van der Waals surface area contributed by atoms with Crippen LogP contribution in [0.25, 0.3) is 0 Å².